The lowest BCUT2D eigenvalue weighted by Gasteiger charge is -2.33. The van der Waals surface area contributed by atoms with Crippen LogP contribution in [0.3, 0.4) is 0 Å². The Labute approximate surface area is 242 Å². The molecule has 8 nitrogen and oxygen atoms in total. The fourth-order valence-electron chi connectivity index (χ4n) is 4.85. The van der Waals surface area contributed by atoms with Crippen LogP contribution in [0.4, 0.5) is 15.8 Å². The number of carbonyl (C=O) groups excluding carboxylic acids is 4. The molecule has 0 radical (unpaired) electrons. The Balaban J connectivity index is 1.54. The number of amides is 3. The first-order valence-corrected chi connectivity index (χ1v) is 13.3. The van der Waals surface area contributed by atoms with Crippen molar-refractivity contribution in [3.63, 3.8) is 0 Å². The Kier molecular flexibility index (Phi) is 8.10. The van der Waals surface area contributed by atoms with Gasteiger partial charge in [0.25, 0.3) is 17.6 Å². The van der Waals surface area contributed by atoms with Crippen molar-refractivity contribution in [3.05, 3.63) is 125 Å². The van der Waals surface area contributed by atoms with Gasteiger partial charge in [-0.25, -0.2) is 4.39 Å². The summed E-state index contributed by atoms with van der Waals surface area (Å²) in [5, 5.41) is 2.84. The van der Waals surface area contributed by atoms with E-state index in [0.717, 1.165) is 16.0 Å². The van der Waals surface area contributed by atoms with Crippen LogP contribution in [0.25, 0.3) is 0 Å². The summed E-state index contributed by atoms with van der Waals surface area (Å²) < 4.78 is 19.1. The van der Waals surface area contributed by atoms with E-state index in [1.807, 2.05) is 31.2 Å². The standard InChI is InChI=1S/C33H28FN3O5/c1-21-7-9-22(10-8-21)19-37(29(38)20-36-28-6-4-3-5-27(28)31(39)33(36)41)30(23-11-13-24(34)14-12-23)32(40)35-25-15-17-26(42-2)18-16-25/h3-18,30H,19-20H2,1-2H3,(H,35,40)/t30-/m1/s1. The topological polar surface area (TPSA) is 96.0 Å². The number of hydrogen-bond acceptors (Lipinski definition) is 5. The number of benzene rings is 4. The zero-order valence-electron chi connectivity index (χ0n) is 23.0. The molecule has 0 aromatic heterocycles. The second kappa shape index (κ2) is 12.1. The second-order valence-electron chi connectivity index (χ2n) is 9.92. The maximum absolute atomic E-state index is 14.1. The molecule has 1 atom stereocenters. The lowest BCUT2D eigenvalue weighted by molar-refractivity contribution is -0.139. The van der Waals surface area contributed by atoms with Crippen LogP contribution in [0.5, 0.6) is 5.75 Å². The van der Waals surface area contributed by atoms with Gasteiger partial charge in [0.1, 0.15) is 24.2 Å². The molecule has 212 valence electrons. The summed E-state index contributed by atoms with van der Waals surface area (Å²) in [6.45, 7) is 1.47. The van der Waals surface area contributed by atoms with Gasteiger partial charge in [-0.15, -0.1) is 0 Å². The zero-order valence-corrected chi connectivity index (χ0v) is 23.0. The molecule has 1 aliphatic heterocycles. The third-order valence-electron chi connectivity index (χ3n) is 7.07. The minimum atomic E-state index is -1.20. The van der Waals surface area contributed by atoms with Crippen molar-refractivity contribution in [2.75, 3.05) is 23.9 Å². The Morgan fingerprint density at radius 3 is 2.24 bits per heavy atom. The first-order chi connectivity index (χ1) is 20.2. The summed E-state index contributed by atoms with van der Waals surface area (Å²) >= 11 is 0. The monoisotopic (exact) mass is 565 g/mol. The Bertz CT molecular complexity index is 1640. The minimum absolute atomic E-state index is 0.00874. The van der Waals surface area contributed by atoms with Gasteiger partial charge in [-0.05, 0) is 66.6 Å². The van der Waals surface area contributed by atoms with Crippen LogP contribution >= 0.6 is 0 Å². The highest BCUT2D eigenvalue weighted by atomic mass is 19.1. The summed E-state index contributed by atoms with van der Waals surface area (Å²) in [7, 11) is 1.53. The fourth-order valence-corrected chi connectivity index (χ4v) is 4.85. The Morgan fingerprint density at radius 2 is 1.57 bits per heavy atom. The van der Waals surface area contributed by atoms with E-state index in [4.69, 9.17) is 4.74 Å². The molecule has 3 amide bonds. The molecule has 5 rings (SSSR count). The lowest BCUT2D eigenvalue weighted by Crippen LogP contribution is -2.46. The van der Waals surface area contributed by atoms with E-state index in [2.05, 4.69) is 5.32 Å². The molecule has 0 saturated carbocycles. The number of halogens is 1. The number of para-hydroxylation sites is 1. The molecule has 0 unspecified atom stereocenters. The molecule has 1 aliphatic rings. The fraction of sp³-hybridized carbons (Fsp3) is 0.152. The highest BCUT2D eigenvalue weighted by molar-refractivity contribution is 6.52. The summed E-state index contributed by atoms with van der Waals surface area (Å²) in [4.78, 5) is 56.0. The van der Waals surface area contributed by atoms with Gasteiger partial charge in [0.15, 0.2) is 0 Å². The van der Waals surface area contributed by atoms with E-state index in [0.29, 0.717) is 22.7 Å². The number of carbonyl (C=O) groups is 4. The average molecular weight is 566 g/mol. The molecule has 1 N–H and O–H groups in total. The van der Waals surface area contributed by atoms with Crippen LogP contribution in [0.15, 0.2) is 97.1 Å². The third kappa shape index (κ3) is 5.90. The van der Waals surface area contributed by atoms with E-state index in [1.165, 1.54) is 42.3 Å². The number of Topliss-reactive ketones (excluding diaryl/α,β-unsaturated/α-hetero) is 1. The van der Waals surface area contributed by atoms with Crippen molar-refractivity contribution in [2.24, 2.45) is 0 Å². The molecule has 0 aliphatic carbocycles. The van der Waals surface area contributed by atoms with Gasteiger partial charge < -0.3 is 15.0 Å². The Morgan fingerprint density at radius 1 is 0.905 bits per heavy atom. The molecule has 0 saturated heterocycles. The first kappa shape index (κ1) is 28.2. The van der Waals surface area contributed by atoms with Crippen molar-refractivity contribution < 1.29 is 28.3 Å². The van der Waals surface area contributed by atoms with Gasteiger partial charge >= 0.3 is 0 Å². The predicted molar refractivity (Wildman–Crippen MR) is 156 cm³/mol. The zero-order chi connectivity index (χ0) is 29.8. The lowest BCUT2D eigenvalue weighted by atomic mass is 10.0. The van der Waals surface area contributed by atoms with E-state index in [-0.39, 0.29) is 12.1 Å². The molecule has 0 fully saturated rings. The number of rotatable bonds is 9. The van der Waals surface area contributed by atoms with Crippen LogP contribution in [0.2, 0.25) is 0 Å². The van der Waals surface area contributed by atoms with Crippen molar-refractivity contribution in [1.29, 1.82) is 0 Å². The normalized spacial score (nSPS) is 13.0. The number of hydrogen-bond donors (Lipinski definition) is 1. The van der Waals surface area contributed by atoms with E-state index < -0.39 is 41.9 Å². The summed E-state index contributed by atoms with van der Waals surface area (Å²) in [5.74, 6) is -2.53. The number of ether oxygens (including phenoxy) is 1. The largest absolute Gasteiger partial charge is 0.497 e. The van der Waals surface area contributed by atoms with Crippen LogP contribution in [-0.2, 0) is 20.9 Å². The summed E-state index contributed by atoms with van der Waals surface area (Å²) in [5.41, 5.74) is 3.13. The predicted octanol–water partition coefficient (Wildman–Crippen LogP) is 5.08. The van der Waals surface area contributed by atoms with Crippen LogP contribution in [0.1, 0.15) is 33.1 Å². The van der Waals surface area contributed by atoms with Gasteiger partial charge in [-0.2, -0.15) is 0 Å². The number of ketones is 1. The first-order valence-electron chi connectivity index (χ1n) is 13.3. The quantitative estimate of drug-likeness (QED) is 0.286. The number of nitrogens with one attached hydrogen (secondary N) is 1. The van der Waals surface area contributed by atoms with Crippen molar-refractivity contribution in [1.82, 2.24) is 4.90 Å². The molecule has 0 bridgehead atoms. The molecular formula is C33H28FN3O5. The van der Waals surface area contributed by atoms with Gasteiger partial charge in [0.2, 0.25) is 5.91 Å². The molecule has 1 heterocycles. The van der Waals surface area contributed by atoms with Crippen molar-refractivity contribution in [3.8, 4) is 5.75 Å². The molecule has 9 heteroatoms. The van der Waals surface area contributed by atoms with Gasteiger partial charge in [0.05, 0.1) is 18.4 Å². The van der Waals surface area contributed by atoms with Crippen molar-refractivity contribution >= 4 is 34.9 Å². The molecular weight excluding hydrogens is 537 g/mol. The highest BCUT2D eigenvalue weighted by Gasteiger charge is 2.39. The van der Waals surface area contributed by atoms with E-state index >= 15 is 0 Å². The molecule has 0 spiro atoms. The van der Waals surface area contributed by atoms with Crippen molar-refractivity contribution in [2.45, 2.75) is 19.5 Å². The van der Waals surface area contributed by atoms with Crippen LogP contribution in [0, 0.1) is 12.7 Å². The van der Waals surface area contributed by atoms with E-state index in [9.17, 15) is 23.6 Å². The summed E-state index contributed by atoms with van der Waals surface area (Å²) in [6.07, 6.45) is 0. The van der Waals surface area contributed by atoms with Gasteiger partial charge in [0, 0.05) is 12.2 Å². The summed E-state index contributed by atoms with van der Waals surface area (Å²) in [6, 6.07) is 24.8. The van der Waals surface area contributed by atoms with Gasteiger partial charge in [-0.3, -0.25) is 24.1 Å². The van der Waals surface area contributed by atoms with Crippen LogP contribution in [-0.4, -0.2) is 42.1 Å². The number of anilines is 2. The molecule has 4 aromatic carbocycles. The molecule has 42 heavy (non-hydrogen) atoms. The number of nitrogens with zero attached hydrogens (tertiary/aromatic N) is 2. The molecule has 4 aromatic rings. The number of aryl methyl sites for hydroxylation is 1. The van der Waals surface area contributed by atoms with E-state index in [1.54, 1.807) is 42.5 Å². The number of fused-ring (bicyclic) bond motifs is 1. The van der Waals surface area contributed by atoms with Crippen LogP contribution < -0.4 is 15.0 Å². The van der Waals surface area contributed by atoms with Gasteiger partial charge in [-0.1, -0.05) is 54.1 Å². The smallest absolute Gasteiger partial charge is 0.299 e. The number of methoxy groups -OCH3 is 1. The average Bonchev–Trinajstić information content (AvgIpc) is 3.24. The maximum atomic E-state index is 14.1. The minimum Gasteiger partial charge on any atom is -0.497 e. The SMILES string of the molecule is COc1ccc(NC(=O)[C@@H](c2ccc(F)cc2)N(Cc2ccc(C)cc2)C(=O)CN2C(=O)C(=O)c3ccccc32)cc1. The third-order valence-corrected chi connectivity index (χ3v) is 7.07. The highest BCUT2D eigenvalue weighted by Crippen LogP contribution is 2.31. The Hall–Kier alpha value is -5.31. The maximum Gasteiger partial charge on any atom is 0.299 e. The second-order valence-corrected chi connectivity index (χ2v) is 9.92.